The van der Waals surface area contributed by atoms with Crippen molar-refractivity contribution in [3.63, 3.8) is 0 Å². The Kier molecular flexibility index (Phi) is 5.58. The van der Waals surface area contributed by atoms with Gasteiger partial charge in [-0.15, -0.1) is 0 Å². The normalized spacial score (nSPS) is 14.1. The largest absolute Gasteiger partial charge is 0.482 e. The number of hydrogen-bond donors (Lipinski definition) is 1. The summed E-state index contributed by atoms with van der Waals surface area (Å²) in [5.41, 5.74) is 7.19. The number of hydrogen-bond acceptors (Lipinski definition) is 3. The van der Waals surface area contributed by atoms with Crippen molar-refractivity contribution < 1.29 is 4.74 Å². The Bertz CT molecular complexity index is 574. The van der Waals surface area contributed by atoms with E-state index in [9.17, 15) is 0 Å². The van der Waals surface area contributed by atoms with Gasteiger partial charge in [0.2, 0.25) is 0 Å². The van der Waals surface area contributed by atoms with Gasteiger partial charge >= 0.3 is 0 Å². The second-order valence-electron chi connectivity index (χ2n) is 4.36. The summed E-state index contributed by atoms with van der Waals surface area (Å²) in [6, 6.07) is 5.06. The maximum atomic E-state index is 6.15. The molecule has 0 aliphatic carbocycles. The lowest BCUT2D eigenvalue weighted by molar-refractivity contribution is 0.171. The van der Waals surface area contributed by atoms with Crippen LogP contribution in [0.15, 0.2) is 29.0 Å². The van der Waals surface area contributed by atoms with Gasteiger partial charge in [0.1, 0.15) is 11.9 Å². The van der Waals surface area contributed by atoms with E-state index in [0.29, 0.717) is 20.8 Å². The predicted molar refractivity (Wildman–Crippen MR) is 87.4 cm³/mol. The van der Waals surface area contributed by atoms with E-state index in [-0.39, 0.29) is 12.1 Å². The molecule has 0 radical (unpaired) electrons. The van der Waals surface area contributed by atoms with Gasteiger partial charge in [-0.2, -0.15) is 11.3 Å². The standard InChI is InChI=1S/C14H14Cl3NOS/c1-2-12(18)14(8-3-4-20-7-8)19-13-6-10(16)9(15)5-11(13)17/h3-7,12,14H,2,18H2,1H3. The van der Waals surface area contributed by atoms with Crippen molar-refractivity contribution in [3.05, 3.63) is 49.6 Å². The van der Waals surface area contributed by atoms with Crippen LogP contribution in [0.3, 0.4) is 0 Å². The molecule has 2 N–H and O–H groups in total. The third-order valence-electron chi connectivity index (χ3n) is 2.96. The third-order valence-corrected chi connectivity index (χ3v) is 4.68. The molecule has 0 saturated carbocycles. The minimum atomic E-state index is -0.263. The van der Waals surface area contributed by atoms with E-state index < -0.39 is 0 Å². The van der Waals surface area contributed by atoms with Crippen LogP contribution in [0.25, 0.3) is 0 Å². The monoisotopic (exact) mass is 349 g/mol. The Morgan fingerprint density at radius 1 is 1.20 bits per heavy atom. The second-order valence-corrected chi connectivity index (χ2v) is 6.37. The van der Waals surface area contributed by atoms with Gasteiger partial charge in [0, 0.05) is 17.7 Å². The predicted octanol–water partition coefficient (Wildman–Crippen LogP) is 5.57. The van der Waals surface area contributed by atoms with Crippen molar-refractivity contribution in [2.75, 3.05) is 0 Å². The van der Waals surface area contributed by atoms with Crippen LogP contribution < -0.4 is 10.5 Å². The summed E-state index contributed by atoms with van der Waals surface area (Å²) in [6.45, 7) is 2.02. The van der Waals surface area contributed by atoms with Crippen molar-refractivity contribution >= 4 is 46.1 Å². The lowest BCUT2D eigenvalue weighted by Gasteiger charge is -2.24. The average molecular weight is 351 g/mol. The van der Waals surface area contributed by atoms with Gasteiger partial charge in [-0.1, -0.05) is 41.7 Å². The van der Waals surface area contributed by atoms with Crippen LogP contribution in [0.5, 0.6) is 5.75 Å². The smallest absolute Gasteiger partial charge is 0.140 e. The molecule has 0 fully saturated rings. The third kappa shape index (κ3) is 3.60. The Morgan fingerprint density at radius 2 is 1.90 bits per heavy atom. The van der Waals surface area contributed by atoms with Gasteiger partial charge in [-0.25, -0.2) is 0 Å². The molecule has 0 spiro atoms. The van der Waals surface area contributed by atoms with E-state index in [1.807, 2.05) is 23.8 Å². The molecule has 2 nitrogen and oxygen atoms in total. The topological polar surface area (TPSA) is 35.2 Å². The molecule has 0 bridgehead atoms. The molecule has 0 saturated heterocycles. The summed E-state index contributed by atoms with van der Waals surface area (Å²) in [7, 11) is 0. The van der Waals surface area contributed by atoms with Crippen LogP contribution >= 0.6 is 46.1 Å². The lowest BCUT2D eigenvalue weighted by atomic mass is 10.0. The summed E-state index contributed by atoms with van der Waals surface area (Å²) in [4.78, 5) is 0. The van der Waals surface area contributed by atoms with Crippen molar-refractivity contribution in [2.45, 2.75) is 25.5 Å². The van der Waals surface area contributed by atoms with Gasteiger partial charge in [0.15, 0.2) is 0 Å². The first-order valence-corrected chi connectivity index (χ1v) is 8.19. The van der Waals surface area contributed by atoms with E-state index in [1.54, 1.807) is 23.5 Å². The Morgan fingerprint density at radius 3 is 2.50 bits per heavy atom. The van der Waals surface area contributed by atoms with E-state index >= 15 is 0 Å². The first-order chi connectivity index (χ1) is 9.52. The van der Waals surface area contributed by atoms with Crippen LogP contribution in [0.1, 0.15) is 25.0 Å². The molecule has 6 heteroatoms. The van der Waals surface area contributed by atoms with Crippen molar-refractivity contribution in [2.24, 2.45) is 5.73 Å². The number of halogens is 3. The summed E-state index contributed by atoms with van der Waals surface area (Å²) < 4.78 is 5.98. The fourth-order valence-corrected chi connectivity index (χ4v) is 3.05. The lowest BCUT2D eigenvalue weighted by Crippen LogP contribution is -2.31. The van der Waals surface area contributed by atoms with E-state index in [4.69, 9.17) is 45.3 Å². The fraction of sp³-hybridized carbons (Fsp3) is 0.286. The number of ether oxygens (including phenoxy) is 1. The van der Waals surface area contributed by atoms with Gasteiger partial charge in [-0.3, -0.25) is 0 Å². The first-order valence-electron chi connectivity index (χ1n) is 6.11. The van der Waals surface area contributed by atoms with Crippen LogP contribution in [0, 0.1) is 0 Å². The quantitative estimate of drug-likeness (QED) is 0.716. The van der Waals surface area contributed by atoms with E-state index in [2.05, 4.69) is 0 Å². The first kappa shape index (κ1) is 15.9. The molecule has 1 heterocycles. The van der Waals surface area contributed by atoms with Crippen molar-refractivity contribution in [3.8, 4) is 5.75 Å². The zero-order valence-electron chi connectivity index (χ0n) is 10.8. The minimum absolute atomic E-state index is 0.130. The Hall–Kier alpha value is -0.450. The molecule has 20 heavy (non-hydrogen) atoms. The van der Waals surface area contributed by atoms with Crippen LogP contribution in [0.4, 0.5) is 0 Å². The molecular formula is C14H14Cl3NOS. The SMILES string of the molecule is CCC(N)C(Oc1cc(Cl)c(Cl)cc1Cl)c1ccsc1. The molecule has 1 aromatic carbocycles. The maximum Gasteiger partial charge on any atom is 0.140 e. The molecular weight excluding hydrogens is 337 g/mol. The molecule has 0 aliphatic heterocycles. The maximum absolute atomic E-state index is 6.15. The highest BCUT2D eigenvalue weighted by atomic mass is 35.5. The molecule has 2 unspecified atom stereocenters. The Balaban J connectivity index is 2.31. The number of benzene rings is 1. The van der Waals surface area contributed by atoms with Crippen molar-refractivity contribution in [1.82, 2.24) is 0 Å². The van der Waals surface area contributed by atoms with Crippen LogP contribution in [0.2, 0.25) is 15.1 Å². The van der Waals surface area contributed by atoms with E-state index in [1.165, 1.54) is 0 Å². The summed E-state index contributed by atoms with van der Waals surface area (Å²) in [5.74, 6) is 0.487. The molecule has 1 aromatic heterocycles. The molecule has 2 rings (SSSR count). The summed E-state index contributed by atoms with van der Waals surface area (Å²) in [5, 5.41) is 5.23. The summed E-state index contributed by atoms with van der Waals surface area (Å²) in [6.07, 6.45) is 0.528. The highest BCUT2D eigenvalue weighted by Crippen LogP contribution is 2.37. The number of nitrogens with two attached hydrogens (primary N) is 1. The molecule has 0 amide bonds. The van der Waals surface area contributed by atoms with Gasteiger partial charge in [-0.05, 0) is 29.3 Å². The zero-order chi connectivity index (χ0) is 14.7. The highest BCUT2D eigenvalue weighted by Gasteiger charge is 2.22. The highest BCUT2D eigenvalue weighted by molar-refractivity contribution is 7.07. The van der Waals surface area contributed by atoms with E-state index in [0.717, 1.165) is 12.0 Å². The van der Waals surface area contributed by atoms with Gasteiger partial charge < -0.3 is 10.5 Å². The van der Waals surface area contributed by atoms with Crippen LogP contribution in [-0.2, 0) is 0 Å². The number of thiophene rings is 1. The Labute approximate surface area is 137 Å². The van der Waals surface area contributed by atoms with Gasteiger partial charge in [0.25, 0.3) is 0 Å². The van der Waals surface area contributed by atoms with Gasteiger partial charge in [0.05, 0.1) is 15.1 Å². The molecule has 2 atom stereocenters. The molecule has 2 aromatic rings. The molecule has 0 aliphatic rings. The number of rotatable bonds is 5. The van der Waals surface area contributed by atoms with Crippen LogP contribution in [-0.4, -0.2) is 6.04 Å². The molecule has 108 valence electrons. The average Bonchev–Trinajstić information content (AvgIpc) is 2.94. The minimum Gasteiger partial charge on any atom is -0.482 e. The van der Waals surface area contributed by atoms with Crippen molar-refractivity contribution in [1.29, 1.82) is 0 Å². The summed E-state index contributed by atoms with van der Waals surface area (Å²) >= 11 is 19.7. The zero-order valence-corrected chi connectivity index (χ0v) is 13.9. The fourth-order valence-electron chi connectivity index (χ4n) is 1.79. The second kappa shape index (κ2) is 7.01.